The van der Waals surface area contributed by atoms with Crippen molar-refractivity contribution in [1.29, 1.82) is 0 Å². The quantitative estimate of drug-likeness (QED) is 0.480. The highest BCUT2D eigenvalue weighted by Crippen LogP contribution is 2.30. The number of aromatic nitrogens is 1. The molecule has 1 aliphatic rings. The standard InChI is InChI=1S/C16H19N3O4/c20-19(21)16-4-3-15(13-5-6-17-10-14(13)16)18-7-9-22-11-12-2-1-8-23-12/h3-6,10,12,18H,1-2,7-9,11H2. The van der Waals surface area contributed by atoms with Crippen molar-refractivity contribution in [2.24, 2.45) is 0 Å². The zero-order chi connectivity index (χ0) is 16.1. The lowest BCUT2D eigenvalue weighted by molar-refractivity contribution is -0.383. The first-order valence-electron chi connectivity index (χ1n) is 7.70. The van der Waals surface area contributed by atoms with E-state index in [-0.39, 0.29) is 11.8 Å². The van der Waals surface area contributed by atoms with Crippen LogP contribution in [0.2, 0.25) is 0 Å². The maximum absolute atomic E-state index is 11.1. The molecule has 7 nitrogen and oxygen atoms in total. The predicted molar refractivity (Wildman–Crippen MR) is 86.7 cm³/mol. The van der Waals surface area contributed by atoms with Gasteiger partial charge in [-0.3, -0.25) is 15.1 Å². The van der Waals surface area contributed by atoms with Crippen molar-refractivity contribution in [2.75, 3.05) is 31.7 Å². The number of hydrogen-bond acceptors (Lipinski definition) is 6. The van der Waals surface area contributed by atoms with Crippen molar-refractivity contribution in [3.63, 3.8) is 0 Å². The van der Waals surface area contributed by atoms with E-state index >= 15 is 0 Å². The van der Waals surface area contributed by atoms with Gasteiger partial charge in [0, 0.05) is 42.7 Å². The highest BCUT2D eigenvalue weighted by atomic mass is 16.6. The van der Waals surface area contributed by atoms with Gasteiger partial charge in [0.2, 0.25) is 0 Å². The van der Waals surface area contributed by atoms with Crippen LogP contribution in [0, 0.1) is 10.1 Å². The normalized spacial score (nSPS) is 17.5. The van der Waals surface area contributed by atoms with Crippen LogP contribution in [0.5, 0.6) is 0 Å². The third-order valence-electron chi connectivity index (χ3n) is 3.88. The lowest BCUT2D eigenvalue weighted by atomic mass is 10.1. The summed E-state index contributed by atoms with van der Waals surface area (Å²) in [4.78, 5) is 14.7. The van der Waals surface area contributed by atoms with Gasteiger partial charge in [-0.2, -0.15) is 0 Å². The zero-order valence-electron chi connectivity index (χ0n) is 12.7. The summed E-state index contributed by atoms with van der Waals surface area (Å²) in [6, 6.07) is 5.00. The average Bonchev–Trinajstić information content (AvgIpc) is 3.07. The Morgan fingerprint density at radius 2 is 2.30 bits per heavy atom. The van der Waals surface area contributed by atoms with Crippen molar-refractivity contribution < 1.29 is 14.4 Å². The number of fused-ring (bicyclic) bond motifs is 1. The summed E-state index contributed by atoms with van der Waals surface area (Å²) in [5, 5.41) is 15.7. The van der Waals surface area contributed by atoms with E-state index in [9.17, 15) is 10.1 Å². The molecule has 0 radical (unpaired) electrons. The molecule has 1 aromatic heterocycles. The van der Waals surface area contributed by atoms with Gasteiger partial charge < -0.3 is 14.8 Å². The van der Waals surface area contributed by atoms with Crippen molar-refractivity contribution in [3.05, 3.63) is 40.7 Å². The molecule has 0 spiro atoms. The summed E-state index contributed by atoms with van der Waals surface area (Å²) in [5.41, 5.74) is 0.905. The van der Waals surface area contributed by atoms with Crippen LogP contribution >= 0.6 is 0 Å². The minimum Gasteiger partial charge on any atom is -0.382 e. The number of nitrogens with zero attached hydrogens (tertiary/aromatic N) is 2. The zero-order valence-corrected chi connectivity index (χ0v) is 12.7. The average molecular weight is 317 g/mol. The molecule has 7 heteroatoms. The van der Waals surface area contributed by atoms with E-state index in [2.05, 4.69) is 10.3 Å². The summed E-state index contributed by atoms with van der Waals surface area (Å²) in [6.07, 6.45) is 5.54. The Labute approximate surface area is 133 Å². The smallest absolute Gasteiger partial charge is 0.278 e. The monoisotopic (exact) mass is 317 g/mol. The summed E-state index contributed by atoms with van der Waals surface area (Å²) >= 11 is 0. The van der Waals surface area contributed by atoms with Gasteiger partial charge in [0.05, 0.1) is 29.6 Å². The number of benzene rings is 1. The maximum Gasteiger partial charge on any atom is 0.278 e. The lowest BCUT2D eigenvalue weighted by Crippen LogP contribution is -2.17. The molecule has 2 heterocycles. The largest absolute Gasteiger partial charge is 0.382 e. The van der Waals surface area contributed by atoms with E-state index in [0.29, 0.717) is 25.1 Å². The van der Waals surface area contributed by atoms with E-state index in [1.54, 1.807) is 18.3 Å². The Kier molecular flexibility index (Phi) is 4.99. The second kappa shape index (κ2) is 7.34. The lowest BCUT2D eigenvalue weighted by Gasteiger charge is -2.12. The SMILES string of the molecule is O=[N+]([O-])c1ccc(NCCOCC2CCCO2)c2ccncc12. The van der Waals surface area contributed by atoms with Crippen LogP contribution in [0.25, 0.3) is 10.8 Å². The molecular formula is C16H19N3O4. The Morgan fingerprint density at radius 3 is 3.09 bits per heavy atom. The Bertz CT molecular complexity index is 686. The molecule has 1 N–H and O–H groups in total. The van der Waals surface area contributed by atoms with E-state index in [1.807, 2.05) is 0 Å². The fourth-order valence-electron chi connectivity index (χ4n) is 2.74. The molecule has 0 bridgehead atoms. The second-order valence-electron chi connectivity index (χ2n) is 5.45. The maximum atomic E-state index is 11.1. The van der Waals surface area contributed by atoms with Gasteiger partial charge in [-0.1, -0.05) is 0 Å². The fourth-order valence-corrected chi connectivity index (χ4v) is 2.74. The van der Waals surface area contributed by atoms with Crippen LogP contribution < -0.4 is 5.32 Å². The van der Waals surface area contributed by atoms with Gasteiger partial charge in [-0.15, -0.1) is 0 Å². The van der Waals surface area contributed by atoms with Gasteiger partial charge in [-0.05, 0) is 25.0 Å². The van der Waals surface area contributed by atoms with Gasteiger partial charge >= 0.3 is 0 Å². The molecular weight excluding hydrogens is 298 g/mol. The van der Waals surface area contributed by atoms with E-state index < -0.39 is 4.92 Å². The first-order valence-corrected chi connectivity index (χ1v) is 7.70. The molecule has 1 saturated heterocycles. The minimum atomic E-state index is -0.390. The summed E-state index contributed by atoms with van der Waals surface area (Å²) in [5.74, 6) is 0. The Hall–Kier alpha value is -2.25. The first-order chi connectivity index (χ1) is 11.3. The van der Waals surface area contributed by atoms with Crippen LogP contribution in [0.3, 0.4) is 0 Å². The van der Waals surface area contributed by atoms with Gasteiger partial charge in [0.15, 0.2) is 0 Å². The Morgan fingerprint density at radius 1 is 1.39 bits per heavy atom. The number of nitro benzene ring substituents is 1. The molecule has 0 amide bonds. The molecule has 3 rings (SSSR count). The summed E-state index contributed by atoms with van der Waals surface area (Å²) in [6.45, 7) is 2.63. The molecule has 122 valence electrons. The predicted octanol–water partition coefficient (Wildman–Crippen LogP) is 2.75. The third kappa shape index (κ3) is 3.75. The highest BCUT2D eigenvalue weighted by Gasteiger charge is 2.16. The molecule has 23 heavy (non-hydrogen) atoms. The number of pyridine rings is 1. The van der Waals surface area contributed by atoms with Crippen molar-refractivity contribution in [3.8, 4) is 0 Å². The first kappa shape index (κ1) is 15.6. The van der Waals surface area contributed by atoms with Gasteiger partial charge in [-0.25, -0.2) is 0 Å². The van der Waals surface area contributed by atoms with Crippen LogP contribution in [-0.2, 0) is 9.47 Å². The van der Waals surface area contributed by atoms with Crippen molar-refractivity contribution in [2.45, 2.75) is 18.9 Å². The molecule has 0 saturated carbocycles. The fraction of sp³-hybridized carbons (Fsp3) is 0.438. The summed E-state index contributed by atoms with van der Waals surface area (Å²) < 4.78 is 11.1. The third-order valence-corrected chi connectivity index (χ3v) is 3.88. The molecule has 2 aromatic rings. The van der Waals surface area contributed by atoms with Gasteiger partial charge in [0.25, 0.3) is 5.69 Å². The van der Waals surface area contributed by atoms with Crippen LogP contribution in [-0.4, -0.2) is 42.4 Å². The van der Waals surface area contributed by atoms with Crippen molar-refractivity contribution >= 4 is 22.1 Å². The number of non-ortho nitro benzene ring substituents is 1. The number of anilines is 1. The summed E-state index contributed by atoms with van der Waals surface area (Å²) in [7, 11) is 0. The molecule has 1 aliphatic heterocycles. The highest BCUT2D eigenvalue weighted by molar-refractivity contribution is 5.99. The van der Waals surface area contributed by atoms with Crippen LogP contribution in [0.1, 0.15) is 12.8 Å². The number of ether oxygens (including phenoxy) is 2. The van der Waals surface area contributed by atoms with E-state index in [0.717, 1.165) is 30.5 Å². The molecule has 1 fully saturated rings. The van der Waals surface area contributed by atoms with Crippen LogP contribution in [0.4, 0.5) is 11.4 Å². The number of nitro groups is 1. The van der Waals surface area contributed by atoms with E-state index in [4.69, 9.17) is 9.47 Å². The second-order valence-corrected chi connectivity index (χ2v) is 5.45. The molecule has 1 atom stereocenters. The number of hydrogen-bond donors (Lipinski definition) is 1. The van der Waals surface area contributed by atoms with E-state index in [1.165, 1.54) is 12.3 Å². The molecule has 0 aliphatic carbocycles. The van der Waals surface area contributed by atoms with Crippen molar-refractivity contribution in [1.82, 2.24) is 4.98 Å². The minimum absolute atomic E-state index is 0.0632. The van der Waals surface area contributed by atoms with Gasteiger partial charge in [0.1, 0.15) is 0 Å². The topological polar surface area (TPSA) is 86.5 Å². The van der Waals surface area contributed by atoms with Crippen LogP contribution in [0.15, 0.2) is 30.6 Å². The Balaban J connectivity index is 1.59. The molecule has 1 aromatic carbocycles. The number of rotatable bonds is 7. The number of nitrogens with one attached hydrogen (secondary N) is 1. The molecule has 1 unspecified atom stereocenters.